The number of para-hydroxylation sites is 2. The van der Waals surface area contributed by atoms with Crippen LogP contribution in [0.4, 0.5) is 5.69 Å². The van der Waals surface area contributed by atoms with Crippen molar-refractivity contribution in [3.05, 3.63) is 82.9 Å². The van der Waals surface area contributed by atoms with E-state index >= 15 is 0 Å². The van der Waals surface area contributed by atoms with Gasteiger partial charge in [-0.1, -0.05) is 36.4 Å². The molecule has 0 unspecified atom stereocenters. The van der Waals surface area contributed by atoms with Gasteiger partial charge in [0.2, 0.25) is 0 Å². The van der Waals surface area contributed by atoms with Gasteiger partial charge < -0.3 is 9.72 Å². The van der Waals surface area contributed by atoms with E-state index in [2.05, 4.69) is 11.1 Å². The number of rotatable bonds is 4. The summed E-state index contributed by atoms with van der Waals surface area (Å²) in [7, 11) is 1.65. The number of nitrogens with zero attached hydrogens (tertiary/aromatic N) is 1. The van der Waals surface area contributed by atoms with E-state index in [4.69, 9.17) is 4.74 Å². The molecule has 0 atom stereocenters. The smallest absolute Gasteiger partial charge is 0.269 e. The van der Waals surface area contributed by atoms with Crippen LogP contribution >= 0.6 is 0 Å². The van der Waals surface area contributed by atoms with Crippen molar-refractivity contribution in [2.75, 3.05) is 7.11 Å². The van der Waals surface area contributed by atoms with Crippen molar-refractivity contribution in [1.29, 1.82) is 0 Å². The first-order valence-electron chi connectivity index (χ1n) is 8.18. The highest BCUT2D eigenvalue weighted by Crippen LogP contribution is 2.42. The molecule has 26 heavy (non-hydrogen) atoms. The molecule has 3 aromatic carbocycles. The standard InChI is InChI=1S/C21H16N2O3/c1-26-19-9-5-3-7-17(19)20-16-6-2-4-8-18(16)22-21(20)14-10-12-15(13-11-14)23(24)25/h2-13,22H,1H3. The van der Waals surface area contributed by atoms with E-state index in [0.29, 0.717) is 0 Å². The van der Waals surface area contributed by atoms with Crippen molar-refractivity contribution in [2.45, 2.75) is 0 Å². The zero-order valence-corrected chi connectivity index (χ0v) is 14.1. The maximum Gasteiger partial charge on any atom is 0.269 e. The highest BCUT2D eigenvalue weighted by Gasteiger charge is 2.18. The van der Waals surface area contributed by atoms with Crippen molar-refractivity contribution in [3.8, 4) is 28.1 Å². The van der Waals surface area contributed by atoms with Crippen LogP contribution in [0.1, 0.15) is 0 Å². The number of nitrogens with one attached hydrogen (secondary N) is 1. The molecule has 0 radical (unpaired) electrons. The molecule has 0 saturated carbocycles. The number of benzene rings is 3. The SMILES string of the molecule is COc1ccccc1-c1c(-c2ccc([N+](=O)[O-])cc2)[nH]c2ccccc12. The first-order chi connectivity index (χ1) is 12.7. The normalized spacial score (nSPS) is 10.8. The highest BCUT2D eigenvalue weighted by atomic mass is 16.6. The Kier molecular flexibility index (Phi) is 3.89. The van der Waals surface area contributed by atoms with Crippen LogP contribution in [0.25, 0.3) is 33.3 Å². The third kappa shape index (κ3) is 2.59. The summed E-state index contributed by atoms with van der Waals surface area (Å²) in [6.07, 6.45) is 0. The number of nitro benzene ring substituents is 1. The van der Waals surface area contributed by atoms with Gasteiger partial charge >= 0.3 is 0 Å². The summed E-state index contributed by atoms with van der Waals surface area (Å²) in [6.45, 7) is 0. The predicted molar refractivity (Wildman–Crippen MR) is 102 cm³/mol. The number of hydrogen-bond donors (Lipinski definition) is 1. The van der Waals surface area contributed by atoms with Crippen LogP contribution in [-0.4, -0.2) is 17.0 Å². The lowest BCUT2D eigenvalue weighted by molar-refractivity contribution is -0.384. The number of fused-ring (bicyclic) bond motifs is 1. The van der Waals surface area contributed by atoms with Gasteiger partial charge in [0, 0.05) is 34.2 Å². The minimum Gasteiger partial charge on any atom is -0.496 e. The van der Waals surface area contributed by atoms with E-state index < -0.39 is 4.92 Å². The molecule has 1 aromatic heterocycles. The van der Waals surface area contributed by atoms with E-state index in [1.165, 1.54) is 12.1 Å². The van der Waals surface area contributed by atoms with Crippen LogP contribution in [0, 0.1) is 10.1 Å². The average Bonchev–Trinajstić information content (AvgIpc) is 3.07. The number of aromatic amines is 1. The summed E-state index contributed by atoms with van der Waals surface area (Å²) in [5, 5.41) is 12.0. The van der Waals surface area contributed by atoms with Crippen LogP contribution in [0.5, 0.6) is 5.75 Å². The Labute approximate surface area is 150 Å². The minimum atomic E-state index is -0.393. The summed E-state index contributed by atoms with van der Waals surface area (Å²) in [5.41, 5.74) is 4.86. The van der Waals surface area contributed by atoms with Crippen LogP contribution in [0.3, 0.4) is 0 Å². The molecule has 0 spiro atoms. The number of ether oxygens (including phenoxy) is 1. The second-order valence-corrected chi connectivity index (χ2v) is 5.92. The van der Waals surface area contributed by atoms with Crippen molar-refractivity contribution in [3.63, 3.8) is 0 Å². The average molecular weight is 344 g/mol. The third-order valence-corrected chi connectivity index (χ3v) is 4.45. The lowest BCUT2D eigenvalue weighted by atomic mass is 9.97. The Morgan fingerprint density at radius 2 is 1.62 bits per heavy atom. The largest absolute Gasteiger partial charge is 0.496 e. The van der Waals surface area contributed by atoms with E-state index in [-0.39, 0.29) is 5.69 Å². The molecule has 0 bridgehead atoms. The van der Waals surface area contributed by atoms with Crippen molar-refractivity contribution < 1.29 is 9.66 Å². The van der Waals surface area contributed by atoms with Crippen LogP contribution in [-0.2, 0) is 0 Å². The molecule has 128 valence electrons. The summed E-state index contributed by atoms with van der Waals surface area (Å²) in [4.78, 5) is 14.0. The summed E-state index contributed by atoms with van der Waals surface area (Å²) < 4.78 is 5.56. The van der Waals surface area contributed by atoms with Gasteiger partial charge in [-0.25, -0.2) is 0 Å². The maximum absolute atomic E-state index is 10.9. The number of methoxy groups -OCH3 is 1. The second kappa shape index (κ2) is 6.37. The lowest BCUT2D eigenvalue weighted by Crippen LogP contribution is -1.90. The number of non-ortho nitro benzene ring substituents is 1. The molecule has 5 nitrogen and oxygen atoms in total. The first kappa shape index (κ1) is 15.9. The molecule has 0 amide bonds. The fourth-order valence-corrected chi connectivity index (χ4v) is 3.24. The molecular formula is C21H16N2O3. The minimum absolute atomic E-state index is 0.0729. The molecule has 1 N–H and O–H groups in total. The van der Waals surface area contributed by atoms with Gasteiger partial charge in [0.1, 0.15) is 5.75 Å². The lowest BCUT2D eigenvalue weighted by Gasteiger charge is -2.10. The predicted octanol–water partition coefficient (Wildman–Crippen LogP) is 5.42. The van der Waals surface area contributed by atoms with Crippen LogP contribution in [0.15, 0.2) is 72.8 Å². The molecule has 0 fully saturated rings. The molecule has 0 aliphatic carbocycles. The van der Waals surface area contributed by atoms with Gasteiger partial charge in [-0.3, -0.25) is 10.1 Å². The monoisotopic (exact) mass is 344 g/mol. The molecule has 5 heteroatoms. The fraction of sp³-hybridized carbons (Fsp3) is 0.0476. The number of nitro groups is 1. The Hall–Kier alpha value is -3.60. The quantitative estimate of drug-likeness (QED) is 0.397. The van der Waals surface area contributed by atoms with E-state index in [1.807, 2.05) is 42.5 Å². The van der Waals surface area contributed by atoms with Crippen molar-refractivity contribution in [1.82, 2.24) is 4.98 Å². The second-order valence-electron chi connectivity index (χ2n) is 5.92. The van der Waals surface area contributed by atoms with E-state index in [0.717, 1.165) is 39.0 Å². The van der Waals surface area contributed by atoms with Gasteiger partial charge in [0.25, 0.3) is 5.69 Å². The molecule has 4 aromatic rings. The van der Waals surface area contributed by atoms with E-state index in [1.54, 1.807) is 19.2 Å². The Morgan fingerprint density at radius 1 is 0.923 bits per heavy atom. The fourth-order valence-electron chi connectivity index (χ4n) is 3.24. The first-order valence-corrected chi connectivity index (χ1v) is 8.18. The van der Waals surface area contributed by atoms with Crippen molar-refractivity contribution >= 4 is 16.6 Å². The van der Waals surface area contributed by atoms with Crippen LogP contribution < -0.4 is 4.74 Å². The zero-order chi connectivity index (χ0) is 18.1. The molecular weight excluding hydrogens is 328 g/mol. The summed E-state index contributed by atoms with van der Waals surface area (Å²) in [5.74, 6) is 0.778. The molecule has 0 saturated heterocycles. The molecule has 0 aliphatic rings. The summed E-state index contributed by atoms with van der Waals surface area (Å²) >= 11 is 0. The maximum atomic E-state index is 10.9. The van der Waals surface area contributed by atoms with Crippen LogP contribution in [0.2, 0.25) is 0 Å². The van der Waals surface area contributed by atoms with Crippen molar-refractivity contribution in [2.24, 2.45) is 0 Å². The summed E-state index contributed by atoms with van der Waals surface area (Å²) in [6, 6.07) is 22.5. The number of H-pyrrole nitrogens is 1. The van der Waals surface area contributed by atoms with Gasteiger partial charge in [-0.05, 0) is 29.8 Å². The van der Waals surface area contributed by atoms with Gasteiger partial charge in [0.05, 0.1) is 17.7 Å². The van der Waals surface area contributed by atoms with E-state index in [9.17, 15) is 10.1 Å². The van der Waals surface area contributed by atoms with Gasteiger partial charge in [0.15, 0.2) is 0 Å². The molecule has 0 aliphatic heterocycles. The zero-order valence-electron chi connectivity index (χ0n) is 14.1. The Balaban J connectivity index is 1.99. The molecule has 1 heterocycles. The molecule has 4 rings (SSSR count). The number of hydrogen-bond acceptors (Lipinski definition) is 3. The highest BCUT2D eigenvalue weighted by molar-refractivity contribution is 6.05. The topological polar surface area (TPSA) is 68.2 Å². The van der Waals surface area contributed by atoms with Gasteiger partial charge in [-0.2, -0.15) is 0 Å². The van der Waals surface area contributed by atoms with Gasteiger partial charge in [-0.15, -0.1) is 0 Å². The number of aromatic nitrogens is 1. The Bertz CT molecular complexity index is 1100. The third-order valence-electron chi connectivity index (χ3n) is 4.45. The Morgan fingerprint density at radius 3 is 2.35 bits per heavy atom.